The van der Waals surface area contributed by atoms with Gasteiger partial charge in [-0.2, -0.15) is 13.2 Å². The first-order chi connectivity index (χ1) is 15.6. The number of hydrogen-bond donors (Lipinski definition) is 1. The van der Waals surface area contributed by atoms with Crippen LogP contribution in [0, 0.1) is 17.0 Å². The highest BCUT2D eigenvalue weighted by Crippen LogP contribution is 2.39. The molecule has 0 aliphatic heterocycles. The van der Waals surface area contributed by atoms with E-state index in [9.17, 15) is 28.1 Å². The Labute approximate surface area is 191 Å². The third kappa shape index (κ3) is 6.09. The molecule has 8 nitrogen and oxygen atoms in total. The Hall–Kier alpha value is -3.41. The van der Waals surface area contributed by atoms with Crippen molar-refractivity contribution in [3.8, 4) is 5.69 Å². The molecule has 0 saturated carbocycles. The molecule has 174 valence electrons. The van der Waals surface area contributed by atoms with Gasteiger partial charge in [-0.1, -0.05) is 12.1 Å². The number of carbonyl (C=O) groups is 1. The number of halogens is 3. The second-order valence-electron chi connectivity index (χ2n) is 7.20. The number of nitro groups is 1. The summed E-state index contributed by atoms with van der Waals surface area (Å²) in [7, 11) is 0. The summed E-state index contributed by atoms with van der Waals surface area (Å²) >= 11 is 0.865. The summed E-state index contributed by atoms with van der Waals surface area (Å²) in [5.74, 6) is 0.407. The van der Waals surface area contributed by atoms with E-state index in [0.717, 1.165) is 29.5 Å². The van der Waals surface area contributed by atoms with Crippen molar-refractivity contribution in [2.45, 2.75) is 42.9 Å². The van der Waals surface area contributed by atoms with E-state index in [1.54, 1.807) is 4.57 Å². The Morgan fingerprint density at radius 3 is 2.61 bits per heavy atom. The maximum absolute atomic E-state index is 13.0. The SMILES string of the molecule is CC(=O)NCCCc1nnc(Sc2ccc(C(F)(F)F)cc2[N+](=O)[O-])n1-c1cccc(C)c1. The van der Waals surface area contributed by atoms with Crippen LogP contribution in [-0.4, -0.2) is 32.1 Å². The molecule has 12 heteroatoms. The maximum Gasteiger partial charge on any atom is 0.416 e. The lowest BCUT2D eigenvalue weighted by Crippen LogP contribution is -2.21. The number of benzene rings is 2. The van der Waals surface area contributed by atoms with E-state index in [-0.39, 0.29) is 16.0 Å². The fraction of sp³-hybridized carbons (Fsp3) is 0.286. The maximum atomic E-state index is 13.0. The number of nitrogens with one attached hydrogen (secondary N) is 1. The fourth-order valence-electron chi connectivity index (χ4n) is 3.09. The Morgan fingerprint density at radius 1 is 1.21 bits per heavy atom. The number of aromatic nitrogens is 3. The lowest BCUT2D eigenvalue weighted by Gasteiger charge is -2.12. The van der Waals surface area contributed by atoms with Gasteiger partial charge in [0.15, 0.2) is 0 Å². The molecule has 1 heterocycles. The van der Waals surface area contributed by atoms with Gasteiger partial charge in [0.2, 0.25) is 11.1 Å². The number of alkyl halides is 3. The Kier molecular flexibility index (Phi) is 7.36. The number of nitrogens with zero attached hydrogens (tertiary/aromatic N) is 4. The van der Waals surface area contributed by atoms with Crippen molar-refractivity contribution in [1.82, 2.24) is 20.1 Å². The van der Waals surface area contributed by atoms with E-state index in [4.69, 9.17) is 0 Å². The van der Waals surface area contributed by atoms with Crippen molar-refractivity contribution >= 4 is 23.4 Å². The van der Waals surface area contributed by atoms with Gasteiger partial charge in [0.25, 0.3) is 5.69 Å². The van der Waals surface area contributed by atoms with E-state index in [0.29, 0.717) is 37.0 Å². The van der Waals surface area contributed by atoms with Gasteiger partial charge in [-0.15, -0.1) is 10.2 Å². The Morgan fingerprint density at radius 2 is 1.97 bits per heavy atom. The van der Waals surface area contributed by atoms with Gasteiger partial charge in [0, 0.05) is 31.6 Å². The summed E-state index contributed by atoms with van der Waals surface area (Å²) in [6.45, 7) is 3.75. The van der Waals surface area contributed by atoms with E-state index in [1.165, 1.54) is 6.92 Å². The van der Waals surface area contributed by atoms with Crippen LogP contribution in [0.4, 0.5) is 18.9 Å². The number of carbonyl (C=O) groups excluding carboxylic acids is 1. The molecule has 0 saturated heterocycles. The lowest BCUT2D eigenvalue weighted by molar-refractivity contribution is -0.388. The average Bonchev–Trinajstić information content (AvgIpc) is 3.12. The first-order valence-electron chi connectivity index (χ1n) is 9.85. The van der Waals surface area contributed by atoms with E-state index < -0.39 is 22.4 Å². The summed E-state index contributed by atoms with van der Waals surface area (Å²) in [4.78, 5) is 21.7. The van der Waals surface area contributed by atoms with Crippen LogP contribution in [0.5, 0.6) is 0 Å². The molecule has 0 unspecified atom stereocenters. The number of rotatable bonds is 8. The van der Waals surface area contributed by atoms with Crippen LogP contribution in [0.1, 0.15) is 30.3 Å². The zero-order valence-corrected chi connectivity index (χ0v) is 18.5. The number of nitro benzene ring substituents is 1. The second kappa shape index (κ2) is 10.0. The lowest BCUT2D eigenvalue weighted by atomic mass is 10.2. The third-order valence-corrected chi connectivity index (χ3v) is 5.61. The molecule has 1 amide bonds. The molecule has 3 aromatic rings. The van der Waals surface area contributed by atoms with Crippen LogP contribution in [0.3, 0.4) is 0 Å². The zero-order chi connectivity index (χ0) is 24.2. The van der Waals surface area contributed by atoms with E-state index in [2.05, 4.69) is 15.5 Å². The zero-order valence-electron chi connectivity index (χ0n) is 17.7. The molecule has 3 rings (SSSR count). The van der Waals surface area contributed by atoms with E-state index >= 15 is 0 Å². The predicted molar refractivity (Wildman–Crippen MR) is 115 cm³/mol. The molecule has 1 N–H and O–H groups in total. The Balaban J connectivity index is 1.99. The molecule has 0 bridgehead atoms. The van der Waals surface area contributed by atoms with Gasteiger partial charge in [-0.3, -0.25) is 19.5 Å². The average molecular weight is 479 g/mol. The molecular formula is C21H20F3N5O3S. The van der Waals surface area contributed by atoms with Gasteiger partial charge in [-0.05, 0) is 54.9 Å². The molecule has 0 spiro atoms. The minimum absolute atomic E-state index is 0.0131. The third-order valence-electron chi connectivity index (χ3n) is 4.60. The molecule has 0 fully saturated rings. The summed E-state index contributed by atoms with van der Waals surface area (Å²) in [6, 6.07) is 9.82. The summed E-state index contributed by atoms with van der Waals surface area (Å²) in [6.07, 6.45) is -3.66. The van der Waals surface area contributed by atoms with Crippen molar-refractivity contribution in [1.29, 1.82) is 0 Å². The number of amides is 1. The first-order valence-corrected chi connectivity index (χ1v) is 10.7. The van der Waals surface area contributed by atoms with Crippen molar-refractivity contribution in [3.63, 3.8) is 0 Å². The van der Waals surface area contributed by atoms with Gasteiger partial charge in [-0.25, -0.2) is 0 Å². The second-order valence-corrected chi connectivity index (χ2v) is 8.21. The molecule has 0 atom stereocenters. The van der Waals surface area contributed by atoms with Crippen molar-refractivity contribution in [3.05, 3.63) is 69.5 Å². The number of hydrogen-bond acceptors (Lipinski definition) is 6. The van der Waals surface area contributed by atoms with Crippen molar-refractivity contribution in [2.24, 2.45) is 0 Å². The molecule has 2 aromatic carbocycles. The summed E-state index contributed by atoms with van der Waals surface area (Å²) in [5, 5.41) is 22.8. The highest BCUT2D eigenvalue weighted by Gasteiger charge is 2.33. The first kappa shape index (κ1) is 24.2. The highest BCUT2D eigenvalue weighted by molar-refractivity contribution is 7.99. The van der Waals surface area contributed by atoms with Crippen LogP contribution in [0.25, 0.3) is 5.69 Å². The monoisotopic (exact) mass is 479 g/mol. The van der Waals surface area contributed by atoms with Crippen LogP contribution in [0.15, 0.2) is 52.5 Å². The van der Waals surface area contributed by atoms with Gasteiger partial charge < -0.3 is 5.32 Å². The quantitative estimate of drug-likeness (QED) is 0.285. The normalized spacial score (nSPS) is 11.4. The fourth-order valence-corrected chi connectivity index (χ4v) is 4.04. The molecule has 1 aromatic heterocycles. The van der Waals surface area contributed by atoms with Gasteiger partial charge in [0.1, 0.15) is 5.82 Å². The minimum Gasteiger partial charge on any atom is -0.356 e. The van der Waals surface area contributed by atoms with Crippen LogP contribution < -0.4 is 5.32 Å². The van der Waals surface area contributed by atoms with Crippen LogP contribution in [-0.2, 0) is 17.4 Å². The van der Waals surface area contributed by atoms with Crippen molar-refractivity contribution in [2.75, 3.05) is 6.54 Å². The Bertz CT molecular complexity index is 1180. The molecule has 0 aliphatic carbocycles. The molecule has 33 heavy (non-hydrogen) atoms. The summed E-state index contributed by atoms with van der Waals surface area (Å²) < 4.78 is 40.8. The van der Waals surface area contributed by atoms with Crippen LogP contribution >= 0.6 is 11.8 Å². The molecule has 0 aliphatic rings. The highest BCUT2D eigenvalue weighted by atomic mass is 32.2. The molecular weight excluding hydrogens is 459 g/mol. The summed E-state index contributed by atoms with van der Waals surface area (Å²) in [5.41, 5.74) is -0.0911. The number of aryl methyl sites for hydroxylation is 2. The van der Waals surface area contributed by atoms with Crippen LogP contribution in [0.2, 0.25) is 0 Å². The van der Waals surface area contributed by atoms with Gasteiger partial charge >= 0.3 is 6.18 Å². The minimum atomic E-state index is -4.70. The predicted octanol–water partition coefficient (Wildman–Crippen LogP) is 4.72. The topological polar surface area (TPSA) is 103 Å². The standard InChI is InChI=1S/C21H20F3N5O3S/c1-13-5-3-6-16(11-13)28-19(7-4-10-25-14(2)30)26-27-20(28)33-18-9-8-15(21(22,23)24)12-17(18)29(31)32/h3,5-6,8-9,11-12H,4,7,10H2,1-2H3,(H,25,30). The van der Waals surface area contributed by atoms with Crippen molar-refractivity contribution < 1.29 is 22.9 Å². The smallest absolute Gasteiger partial charge is 0.356 e. The largest absolute Gasteiger partial charge is 0.416 e. The van der Waals surface area contributed by atoms with E-state index in [1.807, 2.05) is 31.2 Å². The molecule has 0 radical (unpaired) electrons. The van der Waals surface area contributed by atoms with Gasteiger partial charge in [0.05, 0.1) is 15.4 Å².